The van der Waals surface area contributed by atoms with Crippen molar-refractivity contribution in [3.05, 3.63) is 65.2 Å². The molecule has 0 saturated carbocycles. The summed E-state index contributed by atoms with van der Waals surface area (Å²) >= 11 is 0. The van der Waals surface area contributed by atoms with Gasteiger partial charge in [0.2, 0.25) is 0 Å². The number of hydrogen-bond acceptors (Lipinski definition) is 2. The van der Waals surface area contributed by atoms with E-state index >= 15 is 0 Å². The van der Waals surface area contributed by atoms with Gasteiger partial charge in [-0.15, -0.1) is 0 Å². The van der Waals surface area contributed by atoms with E-state index in [2.05, 4.69) is 50.2 Å². The first kappa shape index (κ1) is 15.6. The number of hydrogen-bond donors (Lipinski definition) is 1. The number of ether oxygens (including phenoxy) is 1. The molecule has 0 aliphatic carbocycles. The molecule has 1 unspecified atom stereocenters. The van der Waals surface area contributed by atoms with Crippen LogP contribution in [0.5, 0.6) is 5.75 Å². The Kier molecular flexibility index (Phi) is 5.82. The minimum absolute atomic E-state index is 0.0739. The Morgan fingerprint density at radius 2 is 1.76 bits per heavy atom. The van der Waals surface area contributed by atoms with Gasteiger partial charge < -0.3 is 10.5 Å². The lowest BCUT2D eigenvalue weighted by molar-refractivity contribution is 0.317. The van der Waals surface area contributed by atoms with Crippen LogP contribution in [0.4, 0.5) is 0 Å². The second-order valence-corrected chi connectivity index (χ2v) is 5.49. The van der Waals surface area contributed by atoms with Crippen molar-refractivity contribution in [3.8, 4) is 5.75 Å². The van der Waals surface area contributed by atoms with E-state index in [1.165, 1.54) is 16.7 Å². The SMILES string of the molecule is CCCOc1ccc(C(N)CCc2ccccc2C)cc1. The van der Waals surface area contributed by atoms with Crippen molar-refractivity contribution in [1.29, 1.82) is 0 Å². The van der Waals surface area contributed by atoms with Gasteiger partial charge in [0, 0.05) is 6.04 Å². The van der Waals surface area contributed by atoms with Crippen LogP contribution in [-0.4, -0.2) is 6.61 Å². The number of rotatable bonds is 7. The fourth-order valence-electron chi connectivity index (χ4n) is 2.40. The highest BCUT2D eigenvalue weighted by Gasteiger charge is 2.07. The molecule has 0 saturated heterocycles. The first-order valence-electron chi connectivity index (χ1n) is 7.73. The van der Waals surface area contributed by atoms with Gasteiger partial charge in [-0.3, -0.25) is 0 Å². The maximum absolute atomic E-state index is 6.30. The zero-order valence-electron chi connectivity index (χ0n) is 13.0. The summed E-state index contributed by atoms with van der Waals surface area (Å²) in [6.45, 7) is 5.02. The third-order valence-corrected chi connectivity index (χ3v) is 3.77. The molecule has 112 valence electrons. The van der Waals surface area contributed by atoms with Crippen LogP contribution >= 0.6 is 0 Å². The average Bonchev–Trinajstić information content (AvgIpc) is 2.52. The Labute approximate surface area is 127 Å². The third-order valence-electron chi connectivity index (χ3n) is 3.77. The third kappa shape index (κ3) is 4.61. The van der Waals surface area contributed by atoms with Crippen molar-refractivity contribution in [1.82, 2.24) is 0 Å². The molecular formula is C19H25NO. The molecule has 0 spiro atoms. The zero-order chi connectivity index (χ0) is 15.1. The minimum Gasteiger partial charge on any atom is -0.494 e. The largest absolute Gasteiger partial charge is 0.494 e. The van der Waals surface area contributed by atoms with Crippen molar-refractivity contribution in [2.45, 2.75) is 39.2 Å². The predicted molar refractivity (Wildman–Crippen MR) is 88.7 cm³/mol. The Balaban J connectivity index is 1.91. The first-order valence-corrected chi connectivity index (χ1v) is 7.73. The quantitative estimate of drug-likeness (QED) is 0.816. The molecular weight excluding hydrogens is 258 g/mol. The maximum Gasteiger partial charge on any atom is 0.119 e. The normalized spacial score (nSPS) is 12.1. The van der Waals surface area contributed by atoms with Crippen molar-refractivity contribution >= 4 is 0 Å². The second kappa shape index (κ2) is 7.84. The fraction of sp³-hybridized carbons (Fsp3) is 0.368. The Hall–Kier alpha value is -1.80. The molecule has 0 heterocycles. The highest BCUT2D eigenvalue weighted by Crippen LogP contribution is 2.21. The van der Waals surface area contributed by atoms with E-state index in [4.69, 9.17) is 10.5 Å². The highest BCUT2D eigenvalue weighted by molar-refractivity contribution is 5.30. The first-order chi connectivity index (χ1) is 10.2. The summed E-state index contributed by atoms with van der Waals surface area (Å²) in [5, 5.41) is 0. The molecule has 2 heteroatoms. The standard InChI is InChI=1S/C19H25NO/c1-3-14-21-18-11-8-17(9-12-18)19(20)13-10-16-7-5-4-6-15(16)2/h4-9,11-12,19H,3,10,13-14,20H2,1-2H3. The lowest BCUT2D eigenvalue weighted by Gasteiger charge is -2.14. The summed E-state index contributed by atoms with van der Waals surface area (Å²) in [5.41, 5.74) is 10.2. The average molecular weight is 283 g/mol. The second-order valence-electron chi connectivity index (χ2n) is 5.49. The van der Waals surface area contributed by atoms with E-state index in [-0.39, 0.29) is 6.04 Å². The van der Waals surface area contributed by atoms with Gasteiger partial charge in [-0.2, -0.15) is 0 Å². The van der Waals surface area contributed by atoms with Crippen LogP contribution in [0.15, 0.2) is 48.5 Å². The molecule has 2 N–H and O–H groups in total. The lowest BCUT2D eigenvalue weighted by Crippen LogP contribution is -2.11. The molecule has 2 aromatic carbocycles. The van der Waals surface area contributed by atoms with E-state index in [1.54, 1.807) is 0 Å². The van der Waals surface area contributed by atoms with Gasteiger partial charge in [0.05, 0.1) is 6.61 Å². The van der Waals surface area contributed by atoms with Gasteiger partial charge in [0.25, 0.3) is 0 Å². The molecule has 21 heavy (non-hydrogen) atoms. The van der Waals surface area contributed by atoms with E-state index in [9.17, 15) is 0 Å². The number of nitrogens with two attached hydrogens (primary N) is 1. The Morgan fingerprint density at radius 1 is 1.05 bits per heavy atom. The fourth-order valence-corrected chi connectivity index (χ4v) is 2.40. The van der Waals surface area contributed by atoms with Gasteiger partial charge in [0.15, 0.2) is 0 Å². The van der Waals surface area contributed by atoms with Gasteiger partial charge in [-0.1, -0.05) is 43.3 Å². The summed E-state index contributed by atoms with van der Waals surface area (Å²) in [7, 11) is 0. The van der Waals surface area contributed by atoms with Crippen LogP contribution in [0.2, 0.25) is 0 Å². The van der Waals surface area contributed by atoms with Crippen LogP contribution < -0.4 is 10.5 Å². The van der Waals surface area contributed by atoms with Crippen LogP contribution in [0.1, 0.15) is 42.5 Å². The number of aryl methyl sites for hydroxylation is 2. The van der Waals surface area contributed by atoms with Gasteiger partial charge in [-0.25, -0.2) is 0 Å². The zero-order valence-corrected chi connectivity index (χ0v) is 13.0. The Bertz CT molecular complexity index is 548. The van der Waals surface area contributed by atoms with Crippen molar-refractivity contribution in [2.75, 3.05) is 6.61 Å². The molecule has 1 atom stereocenters. The van der Waals surface area contributed by atoms with Crippen molar-refractivity contribution < 1.29 is 4.74 Å². The van der Waals surface area contributed by atoms with E-state index in [0.717, 1.165) is 31.6 Å². The topological polar surface area (TPSA) is 35.2 Å². The summed E-state index contributed by atoms with van der Waals surface area (Å²) < 4.78 is 5.59. The molecule has 2 aromatic rings. The molecule has 2 nitrogen and oxygen atoms in total. The van der Waals surface area contributed by atoms with E-state index in [1.807, 2.05) is 12.1 Å². The van der Waals surface area contributed by atoms with Gasteiger partial charge >= 0.3 is 0 Å². The molecule has 0 amide bonds. The molecule has 0 aromatic heterocycles. The summed E-state index contributed by atoms with van der Waals surface area (Å²) in [4.78, 5) is 0. The van der Waals surface area contributed by atoms with E-state index < -0.39 is 0 Å². The van der Waals surface area contributed by atoms with Crippen LogP contribution in [-0.2, 0) is 6.42 Å². The predicted octanol–water partition coefficient (Wildman–Crippen LogP) is 4.42. The van der Waals surface area contributed by atoms with Gasteiger partial charge in [0.1, 0.15) is 5.75 Å². The van der Waals surface area contributed by atoms with Crippen molar-refractivity contribution in [2.24, 2.45) is 5.73 Å². The molecule has 0 aliphatic heterocycles. The summed E-state index contributed by atoms with van der Waals surface area (Å²) in [5.74, 6) is 0.923. The lowest BCUT2D eigenvalue weighted by atomic mass is 9.97. The summed E-state index contributed by atoms with van der Waals surface area (Å²) in [6, 6.07) is 16.8. The smallest absolute Gasteiger partial charge is 0.119 e. The van der Waals surface area contributed by atoms with Crippen molar-refractivity contribution in [3.63, 3.8) is 0 Å². The molecule has 0 radical (unpaired) electrons. The number of benzene rings is 2. The minimum atomic E-state index is 0.0739. The molecule has 0 aliphatic rings. The molecule has 0 fully saturated rings. The van der Waals surface area contributed by atoms with E-state index in [0.29, 0.717) is 0 Å². The summed E-state index contributed by atoms with van der Waals surface area (Å²) in [6.07, 6.45) is 3.00. The van der Waals surface area contributed by atoms with Crippen LogP contribution in [0.25, 0.3) is 0 Å². The highest BCUT2D eigenvalue weighted by atomic mass is 16.5. The monoisotopic (exact) mass is 283 g/mol. The molecule has 2 rings (SSSR count). The van der Waals surface area contributed by atoms with Crippen LogP contribution in [0, 0.1) is 6.92 Å². The molecule has 0 bridgehead atoms. The maximum atomic E-state index is 6.30. The Morgan fingerprint density at radius 3 is 2.43 bits per heavy atom. The van der Waals surface area contributed by atoms with Crippen LogP contribution in [0.3, 0.4) is 0 Å². The van der Waals surface area contributed by atoms with Gasteiger partial charge in [-0.05, 0) is 55.0 Å².